The number of nitrogens with zero attached hydrogens (tertiary/aromatic N) is 1. The van der Waals surface area contributed by atoms with Crippen LogP contribution in [0.2, 0.25) is 0 Å². The highest BCUT2D eigenvalue weighted by atomic mass is 35.5. The van der Waals surface area contributed by atoms with Gasteiger partial charge in [0, 0.05) is 11.4 Å². The van der Waals surface area contributed by atoms with Crippen molar-refractivity contribution in [2.45, 2.75) is 58.4 Å². The predicted molar refractivity (Wildman–Crippen MR) is 241 cm³/mol. The molecule has 3 aromatic rings. The van der Waals surface area contributed by atoms with Gasteiger partial charge in [0.15, 0.2) is 6.73 Å². The maximum absolute atomic E-state index is 11.9. The van der Waals surface area contributed by atoms with Crippen LogP contribution in [0.25, 0.3) is 0 Å². The zero-order chi connectivity index (χ0) is 42.5. The van der Waals surface area contributed by atoms with Gasteiger partial charge >= 0.3 is 30.3 Å². The highest BCUT2D eigenvalue weighted by Crippen LogP contribution is 2.25. The van der Waals surface area contributed by atoms with E-state index in [2.05, 4.69) is 50.7 Å². The summed E-state index contributed by atoms with van der Waals surface area (Å²) in [5, 5.41) is 32.9. The van der Waals surface area contributed by atoms with Gasteiger partial charge < -0.3 is 65.6 Å². The number of esters is 1. The normalized spacial score (nSPS) is 12.5. The largest absolute Gasteiger partial charge is 0.508 e. The van der Waals surface area contributed by atoms with E-state index in [0.717, 1.165) is 0 Å². The molecule has 0 atom stereocenters. The number of carbonyl (C=O) groups excluding carboxylic acids is 6. The van der Waals surface area contributed by atoms with E-state index >= 15 is 0 Å². The first kappa shape index (κ1) is 68.1. The third-order valence-corrected chi connectivity index (χ3v) is 7.10. The van der Waals surface area contributed by atoms with Crippen molar-refractivity contribution >= 4 is 58.6 Å². The van der Waals surface area contributed by atoms with Crippen LogP contribution in [0, 0.1) is 22.3 Å². The summed E-state index contributed by atoms with van der Waals surface area (Å²) in [5.74, 6) is -0.0417. The van der Waals surface area contributed by atoms with Crippen molar-refractivity contribution < 1.29 is 67.4 Å². The molecule has 356 valence electrons. The summed E-state index contributed by atoms with van der Waals surface area (Å²) in [6, 6.07) is 25.9. The summed E-state index contributed by atoms with van der Waals surface area (Å²) in [4.78, 5) is 66.2. The number of para-hydroxylation sites is 3. The summed E-state index contributed by atoms with van der Waals surface area (Å²) in [6.45, 7) is 1.95. The minimum atomic E-state index is -1.08. The Morgan fingerprint density at radius 1 is 0.683 bits per heavy atom. The number of rotatable bonds is 8. The van der Waals surface area contributed by atoms with Gasteiger partial charge in [-0.25, -0.2) is 19.2 Å². The van der Waals surface area contributed by atoms with Crippen LogP contribution in [0.1, 0.15) is 58.4 Å². The monoisotopic (exact) mass is 914 g/mol. The lowest BCUT2D eigenvalue weighted by Gasteiger charge is -2.29. The standard InChI is InChI=1S/C14H16N2O6.C8H10N2O2.C7H5NO.C6H7ClO4.CH5NO.6CH4/c1-14(7-20-13(19)21-8-14)11(17)22-9-15-12(18)16-10-5-3-2-4-6-10;11-6-9-8(12)10-7-4-2-1-3-5-7;8-6-9-7-4-2-1-3-5-7;1-6(4(7)8)2-10-5(9)11-3-6;2-1-3;;;;;;/h2-6H,7-9H2,1H3,(H2,15,16,18);1-5,11H,6H2,(H2,9,10,12);1-5H;2-3H2,1H3;3H,1-2H2;6*1H4. The number of nitrogens with one attached hydrogen (secondary N) is 4. The first-order valence-corrected chi connectivity index (χ1v) is 16.8. The van der Waals surface area contributed by atoms with Gasteiger partial charge in [-0.2, -0.15) is 0 Å². The van der Waals surface area contributed by atoms with Crippen molar-refractivity contribution in [2.24, 2.45) is 16.6 Å². The lowest BCUT2D eigenvalue weighted by atomic mass is 9.93. The quantitative estimate of drug-likeness (QED) is 0.0380. The van der Waals surface area contributed by atoms with Crippen molar-refractivity contribution in [3.05, 3.63) is 91.0 Å². The first-order chi connectivity index (χ1) is 27.2. The minimum Gasteiger partial charge on any atom is -0.444 e. The van der Waals surface area contributed by atoms with E-state index in [4.69, 9.17) is 31.8 Å². The number of carbonyl (C=O) groups is 6. The van der Waals surface area contributed by atoms with Crippen LogP contribution < -0.4 is 31.7 Å². The fourth-order valence-corrected chi connectivity index (χ4v) is 3.73. The van der Waals surface area contributed by atoms with Crippen molar-refractivity contribution in [1.82, 2.24) is 10.6 Å². The fourth-order valence-electron chi connectivity index (χ4n) is 3.62. The molecule has 0 unspecified atom stereocenters. The van der Waals surface area contributed by atoms with Crippen LogP contribution in [0.3, 0.4) is 0 Å². The molecule has 0 radical (unpaired) electrons. The zero-order valence-corrected chi connectivity index (χ0v) is 31.6. The van der Waals surface area contributed by atoms with Crippen LogP contribution in [-0.2, 0) is 33.3 Å². The molecule has 2 aliphatic heterocycles. The fraction of sp³-hybridized carbons (Fsp3) is 0.405. The Bertz CT molecular complexity index is 1720. The van der Waals surface area contributed by atoms with Crippen LogP contribution in [0.4, 0.5) is 30.6 Å². The lowest BCUT2D eigenvalue weighted by Crippen LogP contribution is -2.45. The van der Waals surface area contributed by atoms with Gasteiger partial charge in [-0.15, -0.1) is 5.26 Å². The van der Waals surface area contributed by atoms with E-state index in [-0.39, 0.29) is 91.2 Å². The number of urea groups is 2. The van der Waals surface area contributed by atoms with Gasteiger partial charge in [-0.05, 0) is 61.8 Å². The number of hydrogen-bond donors (Lipinski definition) is 7. The Morgan fingerprint density at radius 2 is 1.03 bits per heavy atom. The lowest BCUT2D eigenvalue weighted by molar-refractivity contribution is -0.166. The van der Waals surface area contributed by atoms with E-state index in [9.17, 15) is 28.8 Å². The van der Waals surface area contributed by atoms with Crippen molar-refractivity contribution in [1.29, 1.82) is 5.26 Å². The third kappa shape index (κ3) is 29.3. The topological polar surface area (TPSA) is 296 Å². The number of benzene rings is 3. The average molecular weight is 915 g/mol. The van der Waals surface area contributed by atoms with Crippen LogP contribution in [0.15, 0.2) is 91.0 Å². The van der Waals surface area contributed by atoms with Gasteiger partial charge in [0.1, 0.15) is 49.7 Å². The van der Waals surface area contributed by atoms with Crippen molar-refractivity contribution in [2.75, 3.05) is 57.3 Å². The molecule has 2 saturated heterocycles. The smallest absolute Gasteiger partial charge is 0.444 e. The second-order valence-electron chi connectivity index (χ2n) is 11.5. The number of amides is 4. The molecule has 63 heavy (non-hydrogen) atoms. The number of anilines is 2. The third-order valence-electron chi connectivity index (χ3n) is 6.65. The maximum atomic E-state index is 11.9. The Labute approximate surface area is 376 Å². The maximum Gasteiger partial charge on any atom is 0.508 e. The second-order valence-corrected chi connectivity index (χ2v) is 11.8. The molecule has 0 saturated carbocycles. The Hall–Kier alpha value is -6.66. The molecule has 0 spiro atoms. The molecular formula is C42H67ClN6O14. The summed E-state index contributed by atoms with van der Waals surface area (Å²) >= 11 is 5.24. The number of halogens is 1. The minimum absolute atomic E-state index is 0. The molecule has 8 N–H and O–H groups in total. The van der Waals surface area contributed by atoms with E-state index in [0.29, 0.717) is 17.1 Å². The van der Waals surface area contributed by atoms with E-state index in [1.165, 1.54) is 0 Å². The van der Waals surface area contributed by atoms with Crippen molar-refractivity contribution in [3.8, 4) is 12.0 Å². The molecule has 2 fully saturated rings. The Morgan fingerprint density at radius 3 is 1.38 bits per heavy atom. The molecule has 5 rings (SSSR count). The molecule has 0 bridgehead atoms. The molecular weight excluding hydrogens is 848 g/mol. The summed E-state index contributed by atoms with van der Waals surface area (Å²) in [5.41, 5.74) is 3.76. The van der Waals surface area contributed by atoms with Crippen molar-refractivity contribution in [3.63, 3.8) is 0 Å². The summed E-state index contributed by atoms with van der Waals surface area (Å²) in [6.07, 6.45) is 0.0201. The first-order valence-electron chi connectivity index (χ1n) is 16.4. The van der Waals surface area contributed by atoms with Crippen LogP contribution in [0.5, 0.6) is 5.75 Å². The van der Waals surface area contributed by atoms with Crippen LogP contribution >= 0.6 is 11.6 Å². The highest BCUT2D eigenvalue weighted by molar-refractivity contribution is 6.64. The van der Waals surface area contributed by atoms with Gasteiger partial charge in [-0.1, -0.05) is 99.2 Å². The van der Waals surface area contributed by atoms with Gasteiger partial charge in [0.05, 0.1) is 6.73 Å². The van der Waals surface area contributed by atoms with Crippen LogP contribution in [-0.4, -0.2) is 92.4 Å². The SMILES string of the molecule is C.C.C.C.C.C.CC1(C(=O)Cl)COC(=O)OC1.CC1(C(=O)OCNC(=O)Nc2ccccc2)COC(=O)OC1.N#COc1ccccc1.NCO.O=C(NCO)Nc1ccccc1. The number of nitriles is 1. The molecule has 3 aromatic carbocycles. The number of hydrogen-bond acceptors (Lipinski definition) is 16. The molecule has 0 aromatic heterocycles. The van der Waals surface area contributed by atoms with E-state index in [1.54, 1.807) is 68.6 Å². The Balaban J connectivity index is -0.000000172. The van der Waals surface area contributed by atoms with Gasteiger partial charge in [0.25, 0.3) is 6.26 Å². The number of aliphatic hydroxyl groups is 2. The van der Waals surface area contributed by atoms with Gasteiger partial charge in [0.2, 0.25) is 5.24 Å². The molecule has 21 heteroatoms. The summed E-state index contributed by atoms with van der Waals surface area (Å²) in [7, 11) is 0. The predicted octanol–water partition coefficient (Wildman–Crippen LogP) is 7.42. The number of cyclic esters (lactones) is 4. The van der Waals surface area contributed by atoms with E-state index in [1.807, 2.05) is 42.5 Å². The van der Waals surface area contributed by atoms with Gasteiger partial charge in [-0.3, -0.25) is 9.59 Å². The molecule has 2 aliphatic rings. The average Bonchev–Trinajstić information content (AvgIpc) is 3.20. The molecule has 20 nitrogen and oxygen atoms in total. The number of ether oxygens (including phenoxy) is 6. The Kier molecular flexibility index (Phi) is 41.4. The number of aliphatic hydroxyl groups excluding tert-OH is 2. The molecule has 2 heterocycles. The summed E-state index contributed by atoms with van der Waals surface area (Å²) < 4.78 is 27.8. The number of nitrogens with two attached hydrogens (primary N) is 1. The second kappa shape index (κ2) is 38.3. The van der Waals surface area contributed by atoms with E-state index < -0.39 is 46.4 Å². The molecule has 0 aliphatic carbocycles. The molecule has 4 amide bonds. The highest BCUT2D eigenvalue weighted by Gasteiger charge is 2.42. The zero-order valence-electron chi connectivity index (χ0n) is 30.8.